The molecule has 0 saturated heterocycles. The van der Waals surface area contributed by atoms with E-state index in [2.05, 4.69) is 6.58 Å². The van der Waals surface area contributed by atoms with Crippen molar-refractivity contribution in [3.8, 4) is 17.6 Å². The van der Waals surface area contributed by atoms with Crippen LogP contribution in [-0.4, -0.2) is 11.9 Å². The zero-order valence-electron chi connectivity index (χ0n) is 11.5. The molecule has 0 aliphatic heterocycles. The Hall–Kier alpha value is -3.39. The molecule has 2 aromatic carbocycles. The van der Waals surface area contributed by atoms with Crippen molar-refractivity contribution in [1.82, 2.24) is 0 Å². The van der Waals surface area contributed by atoms with Gasteiger partial charge in [0.2, 0.25) is 0 Å². The van der Waals surface area contributed by atoms with Gasteiger partial charge in [0, 0.05) is 6.08 Å². The third-order valence-corrected chi connectivity index (χ3v) is 2.67. The number of rotatable bonds is 4. The lowest BCUT2D eigenvalue weighted by molar-refractivity contribution is -0.128. The minimum absolute atomic E-state index is 0.305. The van der Waals surface area contributed by atoms with E-state index in [0.29, 0.717) is 22.6 Å². The summed E-state index contributed by atoms with van der Waals surface area (Å²) in [4.78, 5) is 23.0. The first-order chi connectivity index (χ1) is 10.6. The van der Waals surface area contributed by atoms with Crippen molar-refractivity contribution in [1.29, 1.82) is 5.26 Å². The molecule has 22 heavy (non-hydrogen) atoms. The molecule has 0 bridgehead atoms. The summed E-state index contributed by atoms with van der Waals surface area (Å²) < 4.78 is 10.1. The quantitative estimate of drug-likeness (QED) is 0.492. The molecule has 5 heteroatoms. The predicted molar refractivity (Wildman–Crippen MR) is 78.4 cm³/mol. The maximum absolute atomic E-state index is 11.9. The Balaban J connectivity index is 2.04. The van der Waals surface area contributed by atoms with Gasteiger partial charge in [0.05, 0.1) is 17.2 Å². The fraction of sp³-hybridized carbons (Fsp3) is 0. The van der Waals surface area contributed by atoms with E-state index in [4.69, 9.17) is 14.7 Å². The van der Waals surface area contributed by atoms with Crippen molar-refractivity contribution in [2.75, 3.05) is 0 Å². The lowest BCUT2D eigenvalue weighted by Crippen LogP contribution is -2.09. The van der Waals surface area contributed by atoms with E-state index in [1.807, 2.05) is 6.07 Å². The summed E-state index contributed by atoms with van der Waals surface area (Å²) in [5.41, 5.74) is 0.788. The minimum Gasteiger partial charge on any atom is -0.423 e. The standard InChI is InChI=1S/C17H11NO4/c1-2-16(19)21-14-9-5-13(6-10-14)17(20)22-15-7-3-12(11-18)4-8-15/h2-10H,1H2. The van der Waals surface area contributed by atoms with Crippen molar-refractivity contribution >= 4 is 11.9 Å². The van der Waals surface area contributed by atoms with E-state index in [1.165, 1.54) is 36.4 Å². The van der Waals surface area contributed by atoms with Crippen LogP contribution < -0.4 is 9.47 Å². The number of benzene rings is 2. The number of hydrogen-bond acceptors (Lipinski definition) is 5. The highest BCUT2D eigenvalue weighted by atomic mass is 16.5. The number of carbonyl (C=O) groups excluding carboxylic acids is 2. The van der Waals surface area contributed by atoms with Gasteiger partial charge in [-0.05, 0) is 48.5 Å². The SMILES string of the molecule is C=CC(=O)Oc1ccc(C(=O)Oc2ccc(C#N)cc2)cc1. The highest BCUT2D eigenvalue weighted by molar-refractivity contribution is 5.91. The first kappa shape index (κ1) is 15.0. The van der Waals surface area contributed by atoms with Gasteiger partial charge >= 0.3 is 11.9 Å². The second kappa shape index (κ2) is 6.86. The molecule has 2 rings (SSSR count). The number of ether oxygens (including phenoxy) is 2. The van der Waals surface area contributed by atoms with Crippen LogP contribution in [0.15, 0.2) is 61.2 Å². The van der Waals surface area contributed by atoms with E-state index >= 15 is 0 Å². The number of nitrogens with zero attached hydrogens (tertiary/aromatic N) is 1. The van der Waals surface area contributed by atoms with Crippen LogP contribution in [0.5, 0.6) is 11.5 Å². The third kappa shape index (κ3) is 3.81. The zero-order chi connectivity index (χ0) is 15.9. The topological polar surface area (TPSA) is 76.4 Å². The molecular weight excluding hydrogens is 282 g/mol. The normalized spacial score (nSPS) is 9.41. The average molecular weight is 293 g/mol. The van der Waals surface area contributed by atoms with Gasteiger partial charge in [-0.25, -0.2) is 9.59 Å². The van der Waals surface area contributed by atoms with Gasteiger partial charge in [-0.3, -0.25) is 0 Å². The zero-order valence-corrected chi connectivity index (χ0v) is 11.5. The summed E-state index contributed by atoms with van der Waals surface area (Å²) >= 11 is 0. The van der Waals surface area contributed by atoms with Crippen molar-refractivity contribution in [3.63, 3.8) is 0 Å². The van der Waals surface area contributed by atoms with Crippen LogP contribution in [0.2, 0.25) is 0 Å². The van der Waals surface area contributed by atoms with E-state index < -0.39 is 11.9 Å². The van der Waals surface area contributed by atoms with Crippen LogP contribution in [0, 0.1) is 11.3 Å². The third-order valence-electron chi connectivity index (χ3n) is 2.67. The van der Waals surface area contributed by atoms with Crippen LogP contribution in [0.4, 0.5) is 0 Å². The summed E-state index contributed by atoms with van der Waals surface area (Å²) in [6.07, 6.45) is 1.05. The molecule has 2 aromatic rings. The van der Waals surface area contributed by atoms with Crippen molar-refractivity contribution in [3.05, 3.63) is 72.3 Å². The van der Waals surface area contributed by atoms with E-state index in [9.17, 15) is 9.59 Å². The smallest absolute Gasteiger partial charge is 0.343 e. The van der Waals surface area contributed by atoms with Gasteiger partial charge in [-0.1, -0.05) is 6.58 Å². The molecule has 0 aliphatic carbocycles. The highest BCUT2D eigenvalue weighted by Gasteiger charge is 2.09. The summed E-state index contributed by atoms with van der Waals surface area (Å²) in [5, 5.41) is 8.69. The van der Waals surface area contributed by atoms with Gasteiger partial charge in [0.15, 0.2) is 0 Å². The highest BCUT2D eigenvalue weighted by Crippen LogP contribution is 2.16. The molecule has 0 fully saturated rings. The average Bonchev–Trinajstić information content (AvgIpc) is 2.56. The largest absolute Gasteiger partial charge is 0.423 e. The molecule has 108 valence electrons. The molecular formula is C17H11NO4. The minimum atomic E-state index is -0.576. The number of hydrogen-bond donors (Lipinski definition) is 0. The monoisotopic (exact) mass is 293 g/mol. The summed E-state index contributed by atoms with van der Waals surface area (Å²) in [5.74, 6) is -0.481. The number of esters is 2. The Kier molecular flexibility index (Phi) is 4.68. The Bertz CT molecular complexity index is 740. The summed E-state index contributed by atoms with van der Waals surface area (Å²) in [7, 11) is 0. The van der Waals surface area contributed by atoms with Gasteiger partial charge in [-0.15, -0.1) is 0 Å². The molecule has 0 aliphatic rings. The Labute approximate surface area is 127 Å². The fourth-order valence-corrected chi connectivity index (χ4v) is 1.58. The summed E-state index contributed by atoms with van der Waals surface area (Å²) in [6.45, 7) is 3.29. The van der Waals surface area contributed by atoms with Crippen LogP contribution in [0.1, 0.15) is 15.9 Å². The van der Waals surface area contributed by atoms with E-state index in [1.54, 1.807) is 12.1 Å². The van der Waals surface area contributed by atoms with Gasteiger partial charge in [0.25, 0.3) is 0 Å². The van der Waals surface area contributed by atoms with E-state index in [0.717, 1.165) is 6.08 Å². The maximum atomic E-state index is 11.9. The first-order valence-electron chi connectivity index (χ1n) is 6.29. The molecule has 0 heterocycles. The van der Waals surface area contributed by atoms with Gasteiger partial charge < -0.3 is 9.47 Å². The second-order valence-corrected chi connectivity index (χ2v) is 4.18. The van der Waals surface area contributed by atoms with Crippen molar-refractivity contribution < 1.29 is 19.1 Å². The molecule has 0 spiro atoms. The first-order valence-corrected chi connectivity index (χ1v) is 6.29. The number of nitriles is 1. The predicted octanol–water partition coefficient (Wildman–Crippen LogP) is 2.87. The van der Waals surface area contributed by atoms with Crippen LogP contribution in [0.3, 0.4) is 0 Å². The summed E-state index contributed by atoms with van der Waals surface area (Å²) in [6, 6.07) is 14.1. The van der Waals surface area contributed by atoms with Crippen LogP contribution in [-0.2, 0) is 4.79 Å². The molecule has 0 radical (unpaired) electrons. The molecule has 0 amide bonds. The van der Waals surface area contributed by atoms with Gasteiger partial charge in [-0.2, -0.15) is 5.26 Å². The van der Waals surface area contributed by atoms with Crippen LogP contribution in [0.25, 0.3) is 0 Å². The maximum Gasteiger partial charge on any atom is 0.343 e. The molecule has 5 nitrogen and oxygen atoms in total. The molecule has 0 unspecified atom stereocenters. The lowest BCUT2D eigenvalue weighted by atomic mass is 10.2. The second-order valence-electron chi connectivity index (χ2n) is 4.18. The Morgan fingerprint density at radius 2 is 1.50 bits per heavy atom. The lowest BCUT2D eigenvalue weighted by Gasteiger charge is -2.05. The Morgan fingerprint density at radius 3 is 2.05 bits per heavy atom. The van der Waals surface area contributed by atoms with Crippen LogP contribution >= 0.6 is 0 Å². The molecule has 0 saturated carbocycles. The van der Waals surface area contributed by atoms with Crippen molar-refractivity contribution in [2.24, 2.45) is 0 Å². The fourth-order valence-electron chi connectivity index (χ4n) is 1.58. The molecule has 0 N–H and O–H groups in total. The Morgan fingerprint density at radius 1 is 0.955 bits per heavy atom. The van der Waals surface area contributed by atoms with E-state index in [-0.39, 0.29) is 0 Å². The van der Waals surface area contributed by atoms with Crippen molar-refractivity contribution in [2.45, 2.75) is 0 Å². The number of carbonyl (C=O) groups is 2. The molecule has 0 atom stereocenters. The van der Waals surface area contributed by atoms with Gasteiger partial charge in [0.1, 0.15) is 11.5 Å². The molecule has 0 aromatic heterocycles.